The second kappa shape index (κ2) is 7.64. The number of rotatable bonds is 5. The summed E-state index contributed by atoms with van der Waals surface area (Å²) in [5.74, 6) is 1.70. The van der Waals surface area contributed by atoms with Crippen LogP contribution in [0.4, 0.5) is 5.69 Å². The lowest BCUT2D eigenvalue weighted by Crippen LogP contribution is -2.35. The normalized spacial score (nSPS) is 18.3. The van der Waals surface area contributed by atoms with Crippen molar-refractivity contribution in [2.45, 2.75) is 52.5 Å². The van der Waals surface area contributed by atoms with Gasteiger partial charge in [-0.2, -0.15) is 0 Å². The van der Waals surface area contributed by atoms with E-state index in [1.54, 1.807) is 0 Å². The third kappa shape index (κ3) is 4.46. The highest BCUT2D eigenvalue weighted by atomic mass is 79.9. The summed E-state index contributed by atoms with van der Waals surface area (Å²) in [6.45, 7) is 9.20. The molecule has 0 bridgehead atoms. The molecule has 0 aliphatic carbocycles. The van der Waals surface area contributed by atoms with Gasteiger partial charge in [-0.15, -0.1) is 0 Å². The number of piperidine rings is 1. The molecule has 0 radical (unpaired) electrons. The molecule has 1 heterocycles. The monoisotopic (exact) mass is 352 g/mol. The van der Waals surface area contributed by atoms with Crippen LogP contribution in [0, 0.1) is 11.8 Å². The molecule has 0 aromatic heterocycles. The second-order valence-electron chi connectivity index (χ2n) is 6.73. The number of halogens is 1. The van der Waals surface area contributed by atoms with Gasteiger partial charge in [-0.1, -0.05) is 26.8 Å². The molecule has 21 heavy (non-hydrogen) atoms. The Morgan fingerprint density at radius 1 is 1.29 bits per heavy atom. The molecule has 3 heteroatoms. The Morgan fingerprint density at radius 2 is 1.95 bits per heavy atom. The molecule has 1 aromatic rings. The summed E-state index contributed by atoms with van der Waals surface area (Å²) in [5.41, 5.74) is 8.72. The van der Waals surface area contributed by atoms with Crippen LogP contribution in [0.1, 0.15) is 45.6 Å². The SMILES string of the molecule is CCC(N)Cc1ccc(N2CCC(C(C)C)CC2)c(Br)c1. The maximum Gasteiger partial charge on any atom is 0.0510 e. The maximum atomic E-state index is 6.05. The number of nitrogens with two attached hydrogens (primary N) is 1. The van der Waals surface area contributed by atoms with Crippen molar-refractivity contribution in [3.63, 3.8) is 0 Å². The number of nitrogens with zero attached hydrogens (tertiary/aromatic N) is 1. The summed E-state index contributed by atoms with van der Waals surface area (Å²) in [6, 6.07) is 7.02. The minimum Gasteiger partial charge on any atom is -0.371 e. The van der Waals surface area contributed by atoms with Crippen LogP contribution in [0.3, 0.4) is 0 Å². The van der Waals surface area contributed by atoms with E-state index in [9.17, 15) is 0 Å². The van der Waals surface area contributed by atoms with Crippen LogP contribution < -0.4 is 10.6 Å². The summed E-state index contributed by atoms with van der Waals surface area (Å²) in [5, 5.41) is 0. The van der Waals surface area contributed by atoms with E-state index in [1.807, 2.05) is 0 Å². The molecule has 1 aliphatic rings. The molecule has 1 fully saturated rings. The number of hydrogen-bond acceptors (Lipinski definition) is 2. The van der Waals surface area contributed by atoms with Gasteiger partial charge in [-0.05, 0) is 71.1 Å². The standard InChI is InChI=1S/C18H29BrN2/c1-4-16(20)11-14-5-6-18(17(19)12-14)21-9-7-15(8-10-21)13(2)3/h5-6,12-13,15-16H,4,7-11,20H2,1-3H3. The van der Waals surface area contributed by atoms with Crippen molar-refractivity contribution in [3.05, 3.63) is 28.2 Å². The second-order valence-corrected chi connectivity index (χ2v) is 7.58. The molecule has 0 amide bonds. The van der Waals surface area contributed by atoms with Crippen molar-refractivity contribution in [1.82, 2.24) is 0 Å². The van der Waals surface area contributed by atoms with Crippen molar-refractivity contribution in [2.75, 3.05) is 18.0 Å². The molecule has 2 nitrogen and oxygen atoms in total. The van der Waals surface area contributed by atoms with Gasteiger partial charge in [0.2, 0.25) is 0 Å². The first-order chi connectivity index (χ1) is 10.0. The zero-order valence-corrected chi connectivity index (χ0v) is 15.2. The Balaban J connectivity index is 2.01. The summed E-state index contributed by atoms with van der Waals surface area (Å²) in [6.07, 6.45) is 4.62. The highest BCUT2D eigenvalue weighted by molar-refractivity contribution is 9.10. The number of anilines is 1. The van der Waals surface area contributed by atoms with Crippen molar-refractivity contribution in [1.29, 1.82) is 0 Å². The molecule has 1 saturated heterocycles. The van der Waals surface area contributed by atoms with E-state index < -0.39 is 0 Å². The van der Waals surface area contributed by atoms with Gasteiger partial charge in [0.05, 0.1) is 5.69 Å². The third-order valence-electron chi connectivity index (χ3n) is 4.86. The lowest BCUT2D eigenvalue weighted by Gasteiger charge is -2.36. The summed E-state index contributed by atoms with van der Waals surface area (Å²) in [4.78, 5) is 2.52. The first-order valence-corrected chi connectivity index (χ1v) is 9.09. The van der Waals surface area contributed by atoms with Gasteiger partial charge >= 0.3 is 0 Å². The lowest BCUT2D eigenvalue weighted by atomic mass is 9.86. The maximum absolute atomic E-state index is 6.05. The van der Waals surface area contributed by atoms with Gasteiger partial charge in [0.1, 0.15) is 0 Å². The van der Waals surface area contributed by atoms with Crippen molar-refractivity contribution in [3.8, 4) is 0 Å². The molecule has 1 aromatic carbocycles. The first kappa shape index (κ1) is 16.8. The van der Waals surface area contributed by atoms with E-state index in [0.29, 0.717) is 0 Å². The molecule has 118 valence electrons. The first-order valence-electron chi connectivity index (χ1n) is 8.30. The fourth-order valence-corrected chi connectivity index (χ4v) is 3.86. The van der Waals surface area contributed by atoms with Crippen LogP contribution in [0.25, 0.3) is 0 Å². The van der Waals surface area contributed by atoms with Crippen LogP contribution in [0.5, 0.6) is 0 Å². The Hall–Kier alpha value is -0.540. The van der Waals surface area contributed by atoms with Crippen molar-refractivity contribution < 1.29 is 0 Å². The van der Waals surface area contributed by atoms with Crippen LogP contribution in [-0.4, -0.2) is 19.1 Å². The molecular weight excluding hydrogens is 324 g/mol. The van der Waals surface area contributed by atoms with E-state index in [4.69, 9.17) is 5.73 Å². The molecule has 2 rings (SSSR count). The minimum atomic E-state index is 0.268. The predicted octanol–water partition coefficient (Wildman–Crippen LogP) is 4.60. The van der Waals surface area contributed by atoms with Crippen LogP contribution >= 0.6 is 15.9 Å². The largest absolute Gasteiger partial charge is 0.371 e. The van der Waals surface area contributed by atoms with E-state index in [0.717, 1.165) is 24.7 Å². The molecule has 1 atom stereocenters. The summed E-state index contributed by atoms with van der Waals surface area (Å²) >= 11 is 3.76. The number of hydrogen-bond donors (Lipinski definition) is 1. The average Bonchev–Trinajstić information content (AvgIpc) is 2.47. The Bertz CT molecular complexity index is 451. The molecule has 0 spiro atoms. The van der Waals surface area contributed by atoms with E-state index >= 15 is 0 Å². The quantitative estimate of drug-likeness (QED) is 0.838. The summed E-state index contributed by atoms with van der Waals surface area (Å²) in [7, 11) is 0. The van der Waals surface area contributed by atoms with Gasteiger partial charge < -0.3 is 10.6 Å². The zero-order chi connectivity index (χ0) is 15.4. The topological polar surface area (TPSA) is 29.3 Å². The van der Waals surface area contributed by atoms with Crippen molar-refractivity contribution in [2.24, 2.45) is 17.6 Å². The van der Waals surface area contributed by atoms with Gasteiger partial charge in [-0.25, -0.2) is 0 Å². The molecule has 1 unspecified atom stereocenters. The van der Waals surface area contributed by atoms with E-state index in [-0.39, 0.29) is 6.04 Å². The van der Waals surface area contributed by atoms with Gasteiger partial charge in [0.15, 0.2) is 0 Å². The Labute approximate surface area is 138 Å². The lowest BCUT2D eigenvalue weighted by molar-refractivity contribution is 0.311. The zero-order valence-electron chi connectivity index (χ0n) is 13.6. The molecule has 1 aliphatic heterocycles. The van der Waals surface area contributed by atoms with Crippen LogP contribution in [0.2, 0.25) is 0 Å². The highest BCUT2D eigenvalue weighted by Gasteiger charge is 2.22. The average molecular weight is 353 g/mol. The van der Waals surface area contributed by atoms with Gasteiger partial charge in [0, 0.05) is 23.6 Å². The van der Waals surface area contributed by atoms with Crippen molar-refractivity contribution >= 4 is 21.6 Å². The van der Waals surface area contributed by atoms with E-state index in [1.165, 1.54) is 41.7 Å². The Kier molecular flexibility index (Phi) is 6.12. The van der Waals surface area contributed by atoms with Gasteiger partial charge in [0.25, 0.3) is 0 Å². The smallest absolute Gasteiger partial charge is 0.0510 e. The predicted molar refractivity (Wildman–Crippen MR) is 95.9 cm³/mol. The van der Waals surface area contributed by atoms with Crippen LogP contribution in [-0.2, 0) is 6.42 Å². The Morgan fingerprint density at radius 3 is 2.48 bits per heavy atom. The number of benzene rings is 1. The third-order valence-corrected chi connectivity index (χ3v) is 5.49. The minimum absolute atomic E-state index is 0.268. The van der Waals surface area contributed by atoms with E-state index in [2.05, 4.69) is 59.8 Å². The van der Waals surface area contributed by atoms with Gasteiger partial charge in [-0.3, -0.25) is 0 Å². The fourth-order valence-electron chi connectivity index (χ4n) is 3.19. The fraction of sp³-hybridized carbons (Fsp3) is 0.667. The highest BCUT2D eigenvalue weighted by Crippen LogP contribution is 2.32. The molecular formula is C18H29BrN2. The summed E-state index contributed by atoms with van der Waals surface area (Å²) < 4.78 is 1.21. The molecule has 0 saturated carbocycles. The molecule has 2 N–H and O–H groups in total. The van der Waals surface area contributed by atoms with Crippen LogP contribution in [0.15, 0.2) is 22.7 Å².